The van der Waals surface area contributed by atoms with E-state index in [0.29, 0.717) is 25.4 Å². The fourth-order valence-electron chi connectivity index (χ4n) is 2.69. The van der Waals surface area contributed by atoms with Crippen molar-refractivity contribution in [2.45, 2.75) is 0 Å². The summed E-state index contributed by atoms with van der Waals surface area (Å²) < 4.78 is 13.5. The van der Waals surface area contributed by atoms with E-state index in [-0.39, 0.29) is 11.3 Å². The number of ether oxygens (including phenoxy) is 1. The van der Waals surface area contributed by atoms with Crippen molar-refractivity contribution in [3.8, 4) is 5.75 Å². The van der Waals surface area contributed by atoms with Gasteiger partial charge in [0.2, 0.25) is 0 Å². The van der Waals surface area contributed by atoms with Gasteiger partial charge in [0, 0.05) is 25.9 Å². The average molecular weight is 633 g/mol. The Hall–Kier alpha value is -1.55. The predicted octanol–water partition coefficient (Wildman–Crippen LogP) is 6.61. The lowest BCUT2D eigenvalue weighted by molar-refractivity contribution is 0.0731. The molecule has 0 fully saturated rings. The first-order valence-electron chi connectivity index (χ1n) is 7.73. The standard InChI is InChI=1S/C19H7Br4NO4/c20-9-4-8-5-11(18(25)27-16(8)13(22)6-9)19(26)28-17-14(23)7-12(21)10-2-1-3-24-15(10)17/h1-7H. The molecule has 0 radical (unpaired) electrons. The van der Waals surface area contributed by atoms with Crippen LogP contribution in [-0.4, -0.2) is 11.0 Å². The van der Waals surface area contributed by atoms with Gasteiger partial charge in [-0.25, -0.2) is 9.59 Å². The molecule has 0 atom stereocenters. The fraction of sp³-hybridized carbons (Fsp3) is 0. The van der Waals surface area contributed by atoms with Crippen LogP contribution in [-0.2, 0) is 0 Å². The highest BCUT2D eigenvalue weighted by molar-refractivity contribution is 9.11. The number of nitrogens with zero attached hydrogens (tertiary/aromatic N) is 1. The number of benzene rings is 2. The molecule has 0 aliphatic carbocycles. The number of aromatic nitrogens is 1. The van der Waals surface area contributed by atoms with Crippen molar-refractivity contribution in [3.63, 3.8) is 0 Å². The first kappa shape index (κ1) is 19.8. The van der Waals surface area contributed by atoms with Crippen LogP contribution in [0.25, 0.3) is 21.9 Å². The molecular formula is C19H7Br4NO4. The third-order valence-electron chi connectivity index (χ3n) is 3.92. The van der Waals surface area contributed by atoms with Gasteiger partial charge in [-0.15, -0.1) is 0 Å². The molecule has 0 aliphatic heterocycles. The number of carbonyl (C=O) groups excluding carboxylic acids is 1. The Morgan fingerprint density at radius 1 is 1.00 bits per heavy atom. The number of hydrogen-bond acceptors (Lipinski definition) is 5. The van der Waals surface area contributed by atoms with Crippen LogP contribution in [0.15, 0.2) is 69.7 Å². The van der Waals surface area contributed by atoms with E-state index in [4.69, 9.17) is 9.15 Å². The molecule has 0 aliphatic rings. The highest BCUT2D eigenvalue weighted by atomic mass is 79.9. The van der Waals surface area contributed by atoms with Gasteiger partial charge in [0.15, 0.2) is 11.3 Å². The van der Waals surface area contributed by atoms with Crippen LogP contribution in [0.2, 0.25) is 0 Å². The molecule has 0 bridgehead atoms. The Bertz CT molecular complexity index is 1330. The van der Waals surface area contributed by atoms with Crippen LogP contribution < -0.4 is 10.4 Å². The Morgan fingerprint density at radius 3 is 2.57 bits per heavy atom. The minimum Gasteiger partial charge on any atom is -0.421 e. The number of pyridine rings is 1. The van der Waals surface area contributed by atoms with Crippen molar-refractivity contribution >= 4 is 91.6 Å². The summed E-state index contributed by atoms with van der Waals surface area (Å²) in [5.74, 6) is -0.611. The Labute approximate surface area is 191 Å². The molecule has 0 N–H and O–H groups in total. The number of carbonyl (C=O) groups is 1. The van der Waals surface area contributed by atoms with Crippen LogP contribution in [0.5, 0.6) is 5.75 Å². The summed E-state index contributed by atoms with van der Waals surface area (Å²) in [6.07, 6.45) is 1.60. The largest absolute Gasteiger partial charge is 0.421 e. The van der Waals surface area contributed by atoms with Crippen molar-refractivity contribution in [3.05, 3.63) is 76.5 Å². The second kappa shape index (κ2) is 7.70. The average Bonchev–Trinajstić information content (AvgIpc) is 2.65. The highest BCUT2D eigenvalue weighted by Crippen LogP contribution is 2.37. The van der Waals surface area contributed by atoms with Crippen molar-refractivity contribution in [2.24, 2.45) is 0 Å². The zero-order chi connectivity index (χ0) is 20.0. The van der Waals surface area contributed by atoms with Gasteiger partial charge in [-0.05, 0) is 62.2 Å². The highest BCUT2D eigenvalue weighted by Gasteiger charge is 2.21. The molecule has 0 saturated heterocycles. The molecule has 0 unspecified atom stereocenters. The summed E-state index contributed by atoms with van der Waals surface area (Å²) in [5, 5.41) is 1.34. The van der Waals surface area contributed by atoms with Gasteiger partial charge >= 0.3 is 11.6 Å². The van der Waals surface area contributed by atoms with Gasteiger partial charge in [0.1, 0.15) is 11.1 Å². The molecule has 140 valence electrons. The molecule has 4 rings (SSSR count). The van der Waals surface area contributed by atoms with E-state index >= 15 is 0 Å². The van der Waals surface area contributed by atoms with E-state index in [1.54, 1.807) is 30.5 Å². The normalized spacial score (nSPS) is 11.1. The molecule has 9 heteroatoms. The number of esters is 1. The van der Waals surface area contributed by atoms with E-state index in [1.807, 2.05) is 6.07 Å². The number of hydrogen-bond donors (Lipinski definition) is 0. The monoisotopic (exact) mass is 629 g/mol. The molecule has 2 heterocycles. The van der Waals surface area contributed by atoms with Crippen LogP contribution in [0.4, 0.5) is 0 Å². The van der Waals surface area contributed by atoms with Crippen molar-refractivity contribution in [2.75, 3.05) is 0 Å². The van der Waals surface area contributed by atoms with Gasteiger partial charge in [-0.2, -0.15) is 0 Å². The van der Waals surface area contributed by atoms with Gasteiger partial charge < -0.3 is 9.15 Å². The van der Waals surface area contributed by atoms with Gasteiger partial charge in [0.05, 0.1) is 8.95 Å². The summed E-state index contributed by atoms with van der Waals surface area (Å²) in [7, 11) is 0. The molecule has 0 amide bonds. The lowest BCUT2D eigenvalue weighted by Crippen LogP contribution is -2.19. The maximum Gasteiger partial charge on any atom is 0.351 e. The maximum absolute atomic E-state index is 12.8. The first-order chi connectivity index (χ1) is 13.3. The maximum atomic E-state index is 12.8. The lowest BCUT2D eigenvalue weighted by atomic mass is 10.2. The third kappa shape index (κ3) is 3.56. The Morgan fingerprint density at radius 2 is 1.79 bits per heavy atom. The van der Waals surface area contributed by atoms with Crippen LogP contribution in [0.3, 0.4) is 0 Å². The molecule has 2 aromatic heterocycles. The van der Waals surface area contributed by atoms with Crippen LogP contribution in [0.1, 0.15) is 10.4 Å². The summed E-state index contributed by atoms with van der Waals surface area (Å²) in [5.41, 5.74) is -0.170. The molecule has 28 heavy (non-hydrogen) atoms. The summed E-state index contributed by atoms with van der Waals surface area (Å²) in [4.78, 5) is 29.4. The van der Waals surface area contributed by atoms with E-state index in [9.17, 15) is 9.59 Å². The second-order valence-corrected chi connectivity index (χ2v) is 9.19. The van der Waals surface area contributed by atoms with Gasteiger partial charge in [0.25, 0.3) is 0 Å². The molecule has 5 nitrogen and oxygen atoms in total. The number of halogens is 4. The zero-order valence-electron chi connectivity index (χ0n) is 13.6. The SMILES string of the molecule is O=C(Oc1c(Br)cc(Br)c2cccnc12)c1cc2cc(Br)cc(Br)c2oc1=O. The number of rotatable bonds is 2. The topological polar surface area (TPSA) is 69.4 Å². The molecule has 0 spiro atoms. The summed E-state index contributed by atoms with van der Waals surface area (Å²) in [6.45, 7) is 0. The van der Waals surface area contributed by atoms with E-state index in [2.05, 4.69) is 68.7 Å². The predicted molar refractivity (Wildman–Crippen MR) is 120 cm³/mol. The Kier molecular flexibility index (Phi) is 5.43. The quantitative estimate of drug-likeness (QED) is 0.141. The van der Waals surface area contributed by atoms with Crippen molar-refractivity contribution in [1.29, 1.82) is 0 Å². The minimum absolute atomic E-state index is 0.212. The summed E-state index contributed by atoms with van der Waals surface area (Å²) in [6, 6.07) is 10.3. The van der Waals surface area contributed by atoms with Crippen molar-refractivity contribution in [1.82, 2.24) is 4.98 Å². The number of fused-ring (bicyclic) bond motifs is 2. The van der Waals surface area contributed by atoms with Crippen molar-refractivity contribution < 1.29 is 13.9 Å². The van der Waals surface area contributed by atoms with E-state index in [0.717, 1.165) is 14.3 Å². The first-order valence-corrected chi connectivity index (χ1v) is 10.9. The van der Waals surface area contributed by atoms with Crippen LogP contribution >= 0.6 is 63.7 Å². The summed E-state index contributed by atoms with van der Waals surface area (Å²) >= 11 is 13.6. The van der Waals surface area contributed by atoms with E-state index in [1.165, 1.54) is 6.07 Å². The molecule has 0 saturated carbocycles. The Balaban J connectivity index is 1.83. The molecular weight excluding hydrogens is 626 g/mol. The second-order valence-electron chi connectivity index (χ2n) is 5.71. The van der Waals surface area contributed by atoms with E-state index < -0.39 is 11.6 Å². The zero-order valence-corrected chi connectivity index (χ0v) is 20.0. The fourth-order valence-corrected chi connectivity index (χ4v) is 5.38. The van der Waals surface area contributed by atoms with Crippen LogP contribution in [0, 0.1) is 0 Å². The lowest BCUT2D eigenvalue weighted by Gasteiger charge is -2.10. The smallest absolute Gasteiger partial charge is 0.351 e. The van der Waals surface area contributed by atoms with Gasteiger partial charge in [-0.3, -0.25) is 4.98 Å². The molecule has 2 aromatic carbocycles. The minimum atomic E-state index is -0.832. The van der Waals surface area contributed by atoms with Gasteiger partial charge in [-0.1, -0.05) is 37.9 Å². The third-order valence-corrected chi connectivity index (χ3v) is 6.21. The molecule has 4 aromatic rings.